The van der Waals surface area contributed by atoms with Crippen LogP contribution in [0.5, 0.6) is 5.75 Å². The van der Waals surface area contributed by atoms with Crippen LogP contribution in [0.2, 0.25) is 0 Å². The number of carbonyl (C=O) groups excluding carboxylic acids is 1. The fourth-order valence-corrected chi connectivity index (χ4v) is 2.30. The molecule has 1 N–H and O–H groups in total. The zero-order valence-electron chi connectivity index (χ0n) is 12.6. The van der Waals surface area contributed by atoms with Crippen molar-refractivity contribution in [2.75, 3.05) is 13.2 Å². The van der Waals surface area contributed by atoms with Crippen molar-refractivity contribution in [3.05, 3.63) is 64.1 Å². The number of aryl methyl sites for hydroxylation is 1. The van der Waals surface area contributed by atoms with Crippen LogP contribution < -0.4 is 10.1 Å². The third-order valence-corrected chi connectivity index (χ3v) is 3.83. The summed E-state index contributed by atoms with van der Waals surface area (Å²) in [6.45, 7) is 3.10. The minimum Gasteiger partial charge on any atom is -0.492 e. The van der Waals surface area contributed by atoms with Gasteiger partial charge in [0.25, 0.3) is 0 Å². The maximum absolute atomic E-state index is 11.8. The highest BCUT2D eigenvalue weighted by molar-refractivity contribution is 9.10. The van der Waals surface area contributed by atoms with Gasteiger partial charge in [-0.15, -0.1) is 0 Å². The number of halogens is 1. The van der Waals surface area contributed by atoms with Crippen molar-refractivity contribution in [3.63, 3.8) is 0 Å². The van der Waals surface area contributed by atoms with Gasteiger partial charge in [0.15, 0.2) is 0 Å². The lowest BCUT2D eigenvalue weighted by Crippen LogP contribution is -2.29. The van der Waals surface area contributed by atoms with Crippen molar-refractivity contribution in [2.24, 2.45) is 0 Å². The first-order valence-corrected chi connectivity index (χ1v) is 8.19. The van der Waals surface area contributed by atoms with Gasteiger partial charge < -0.3 is 10.1 Å². The summed E-state index contributed by atoms with van der Waals surface area (Å²) >= 11 is 3.38. The molecule has 2 aromatic carbocycles. The van der Waals surface area contributed by atoms with Gasteiger partial charge >= 0.3 is 0 Å². The standard InChI is InChI=1S/C18H20BrNO2/c1-2-14-5-9-17(10-6-14)22-12-11-20-18(21)13-15-3-7-16(19)8-4-15/h3-10H,2,11-13H2,1H3,(H,20,21). The Bertz CT molecular complexity index is 593. The van der Waals surface area contributed by atoms with Crippen LogP contribution in [0.25, 0.3) is 0 Å². The Kier molecular flexibility index (Phi) is 6.46. The summed E-state index contributed by atoms with van der Waals surface area (Å²) in [4.78, 5) is 11.8. The Morgan fingerprint density at radius 1 is 1.05 bits per heavy atom. The van der Waals surface area contributed by atoms with Crippen molar-refractivity contribution in [1.29, 1.82) is 0 Å². The lowest BCUT2D eigenvalue weighted by molar-refractivity contribution is -0.120. The SMILES string of the molecule is CCc1ccc(OCCNC(=O)Cc2ccc(Br)cc2)cc1. The molecule has 1 amide bonds. The first kappa shape index (κ1) is 16.6. The molecule has 0 heterocycles. The minimum absolute atomic E-state index is 0.00672. The Labute approximate surface area is 139 Å². The maximum atomic E-state index is 11.8. The first-order chi connectivity index (χ1) is 10.7. The van der Waals surface area contributed by atoms with Gasteiger partial charge in [0.1, 0.15) is 12.4 Å². The monoisotopic (exact) mass is 361 g/mol. The van der Waals surface area contributed by atoms with E-state index in [0.29, 0.717) is 19.6 Å². The number of hydrogen-bond donors (Lipinski definition) is 1. The molecule has 0 bridgehead atoms. The molecule has 3 nitrogen and oxygen atoms in total. The summed E-state index contributed by atoms with van der Waals surface area (Å²) < 4.78 is 6.61. The van der Waals surface area contributed by atoms with E-state index in [1.54, 1.807) is 0 Å². The van der Waals surface area contributed by atoms with Gasteiger partial charge in [-0.05, 0) is 41.8 Å². The molecular weight excluding hydrogens is 342 g/mol. The van der Waals surface area contributed by atoms with E-state index in [0.717, 1.165) is 22.2 Å². The van der Waals surface area contributed by atoms with E-state index < -0.39 is 0 Å². The van der Waals surface area contributed by atoms with Crippen LogP contribution in [0.4, 0.5) is 0 Å². The second-order valence-corrected chi connectivity index (χ2v) is 5.91. The van der Waals surface area contributed by atoms with Gasteiger partial charge in [0.2, 0.25) is 5.91 Å². The van der Waals surface area contributed by atoms with E-state index >= 15 is 0 Å². The number of hydrogen-bond acceptors (Lipinski definition) is 2. The Morgan fingerprint density at radius 2 is 1.68 bits per heavy atom. The normalized spacial score (nSPS) is 10.3. The number of benzene rings is 2. The maximum Gasteiger partial charge on any atom is 0.224 e. The molecule has 4 heteroatoms. The van der Waals surface area contributed by atoms with Gasteiger partial charge in [-0.2, -0.15) is 0 Å². The molecule has 0 aliphatic heterocycles. The summed E-state index contributed by atoms with van der Waals surface area (Å²) in [6, 6.07) is 15.8. The summed E-state index contributed by atoms with van der Waals surface area (Å²) in [5.41, 5.74) is 2.28. The van der Waals surface area contributed by atoms with Crippen molar-refractivity contribution in [2.45, 2.75) is 19.8 Å². The number of amides is 1. The molecule has 2 rings (SSSR count). The molecule has 0 aliphatic carbocycles. The number of carbonyl (C=O) groups is 1. The predicted molar refractivity (Wildman–Crippen MR) is 92.2 cm³/mol. The summed E-state index contributed by atoms with van der Waals surface area (Å²) in [7, 11) is 0. The van der Waals surface area contributed by atoms with Crippen LogP contribution in [0.15, 0.2) is 53.0 Å². The van der Waals surface area contributed by atoms with E-state index in [2.05, 4.69) is 40.3 Å². The molecule has 116 valence electrons. The Morgan fingerprint density at radius 3 is 2.32 bits per heavy atom. The van der Waals surface area contributed by atoms with Crippen molar-refractivity contribution < 1.29 is 9.53 Å². The van der Waals surface area contributed by atoms with Crippen LogP contribution in [-0.4, -0.2) is 19.1 Å². The average molecular weight is 362 g/mol. The highest BCUT2D eigenvalue weighted by Crippen LogP contribution is 2.12. The lowest BCUT2D eigenvalue weighted by atomic mass is 10.1. The van der Waals surface area contributed by atoms with Gasteiger partial charge in [0.05, 0.1) is 13.0 Å². The molecule has 0 unspecified atom stereocenters. The average Bonchev–Trinajstić information content (AvgIpc) is 2.54. The number of rotatable bonds is 7. The molecule has 0 saturated carbocycles. The van der Waals surface area contributed by atoms with Crippen LogP contribution in [0, 0.1) is 0 Å². The van der Waals surface area contributed by atoms with E-state index in [1.165, 1.54) is 5.56 Å². The third kappa shape index (κ3) is 5.53. The summed E-state index contributed by atoms with van der Waals surface area (Å²) in [6.07, 6.45) is 1.41. The highest BCUT2D eigenvalue weighted by atomic mass is 79.9. The van der Waals surface area contributed by atoms with Crippen molar-refractivity contribution >= 4 is 21.8 Å². The summed E-state index contributed by atoms with van der Waals surface area (Å²) in [5, 5.41) is 2.86. The largest absolute Gasteiger partial charge is 0.492 e. The minimum atomic E-state index is 0.00672. The number of ether oxygens (including phenoxy) is 1. The second kappa shape index (κ2) is 8.59. The fraction of sp³-hybridized carbons (Fsp3) is 0.278. The van der Waals surface area contributed by atoms with E-state index in [1.807, 2.05) is 36.4 Å². The topological polar surface area (TPSA) is 38.3 Å². The van der Waals surface area contributed by atoms with Gasteiger partial charge in [0, 0.05) is 4.47 Å². The predicted octanol–water partition coefficient (Wildman–Crippen LogP) is 3.75. The number of nitrogens with one attached hydrogen (secondary N) is 1. The van der Waals surface area contributed by atoms with Gasteiger partial charge in [-0.25, -0.2) is 0 Å². The third-order valence-electron chi connectivity index (χ3n) is 3.30. The zero-order valence-corrected chi connectivity index (χ0v) is 14.2. The van der Waals surface area contributed by atoms with Crippen LogP contribution in [0.1, 0.15) is 18.1 Å². The highest BCUT2D eigenvalue weighted by Gasteiger charge is 2.03. The Balaban J connectivity index is 1.67. The molecule has 0 aromatic heterocycles. The molecule has 0 atom stereocenters. The molecular formula is C18H20BrNO2. The molecule has 0 radical (unpaired) electrons. The van der Waals surface area contributed by atoms with E-state index in [4.69, 9.17) is 4.74 Å². The second-order valence-electron chi connectivity index (χ2n) is 5.00. The van der Waals surface area contributed by atoms with Gasteiger partial charge in [-0.3, -0.25) is 4.79 Å². The molecule has 0 spiro atoms. The van der Waals surface area contributed by atoms with E-state index in [-0.39, 0.29) is 5.91 Å². The first-order valence-electron chi connectivity index (χ1n) is 7.40. The summed E-state index contributed by atoms with van der Waals surface area (Å²) in [5.74, 6) is 0.839. The fourth-order valence-electron chi connectivity index (χ4n) is 2.03. The van der Waals surface area contributed by atoms with Gasteiger partial charge in [-0.1, -0.05) is 47.1 Å². The quantitative estimate of drug-likeness (QED) is 0.762. The van der Waals surface area contributed by atoms with Crippen LogP contribution in [-0.2, 0) is 17.6 Å². The smallest absolute Gasteiger partial charge is 0.224 e. The molecule has 0 fully saturated rings. The Hall–Kier alpha value is -1.81. The van der Waals surface area contributed by atoms with Crippen molar-refractivity contribution in [1.82, 2.24) is 5.32 Å². The molecule has 0 saturated heterocycles. The van der Waals surface area contributed by atoms with E-state index in [9.17, 15) is 4.79 Å². The van der Waals surface area contributed by atoms with Crippen LogP contribution in [0.3, 0.4) is 0 Å². The van der Waals surface area contributed by atoms with Crippen molar-refractivity contribution in [3.8, 4) is 5.75 Å². The van der Waals surface area contributed by atoms with Crippen LogP contribution >= 0.6 is 15.9 Å². The molecule has 22 heavy (non-hydrogen) atoms. The zero-order chi connectivity index (χ0) is 15.8. The lowest BCUT2D eigenvalue weighted by Gasteiger charge is -2.08. The molecule has 2 aromatic rings. The molecule has 0 aliphatic rings.